The normalized spacial score (nSPS) is 21.3. The molecule has 1 spiro atoms. The summed E-state index contributed by atoms with van der Waals surface area (Å²) in [6.45, 7) is 2.59. The van der Waals surface area contributed by atoms with Gasteiger partial charge in [0, 0.05) is 6.54 Å². The van der Waals surface area contributed by atoms with E-state index in [-0.39, 0.29) is 17.5 Å². The molecule has 10 heteroatoms. The number of phenols is 1. The molecule has 2 aromatic rings. The van der Waals surface area contributed by atoms with Gasteiger partial charge in [-0.1, -0.05) is 5.16 Å². The summed E-state index contributed by atoms with van der Waals surface area (Å²) in [7, 11) is 0. The molecule has 1 unspecified atom stereocenters. The number of carbonyl (C=O) groups is 1. The highest BCUT2D eigenvalue weighted by Gasteiger charge is 2.46. The first-order valence-electron chi connectivity index (χ1n) is 8.47. The number of ether oxygens (including phenoxy) is 1. The Morgan fingerprint density at radius 1 is 1.33 bits per heavy atom. The minimum Gasteiger partial charge on any atom is -0.503 e. The molecule has 7 nitrogen and oxygen atoms in total. The number of aromatic nitrogens is 2. The van der Waals surface area contributed by atoms with Crippen LogP contribution >= 0.6 is 0 Å². The molecule has 1 aromatic carbocycles. The second-order valence-corrected chi connectivity index (χ2v) is 6.96. The fraction of sp³-hybridized carbons (Fsp3) is 0.471. The predicted molar refractivity (Wildman–Crippen MR) is 84.3 cm³/mol. The van der Waals surface area contributed by atoms with Gasteiger partial charge in [-0.15, -0.1) is 0 Å². The van der Waals surface area contributed by atoms with E-state index in [2.05, 4.69) is 10.1 Å². The number of rotatable bonds is 2. The molecule has 1 saturated heterocycles. The van der Waals surface area contributed by atoms with Crippen molar-refractivity contribution in [1.29, 1.82) is 0 Å². The van der Waals surface area contributed by atoms with Gasteiger partial charge >= 0.3 is 0 Å². The van der Waals surface area contributed by atoms with Crippen LogP contribution in [0.15, 0.2) is 10.6 Å². The summed E-state index contributed by atoms with van der Waals surface area (Å²) in [5.74, 6) is -7.56. The summed E-state index contributed by atoms with van der Waals surface area (Å²) in [5, 5.41) is 12.8. The number of hydrogen-bond donors (Lipinski definition) is 1. The Hall–Kier alpha value is -2.62. The molecule has 1 N–H and O–H groups in total. The van der Waals surface area contributed by atoms with Crippen molar-refractivity contribution in [3.63, 3.8) is 0 Å². The topological polar surface area (TPSA) is 88.7 Å². The van der Waals surface area contributed by atoms with E-state index >= 15 is 0 Å². The summed E-state index contributed by atoms with van der Waals surface area (Å²) in [5.41, 5.74) is -0.985. The van der Waals surface area contributed by atoms with E-state index in [1.165, 1.54) is 0 Å². The van der Waals surface area contributed by atoms with Gasteiger partial charge in [-0.25, -0.2) is 8.78 Å². The van der Waals surface area contributed by atoms with Crippen molar-refractivity contribution in [2.45, 2.75) is 37.9 Å². The van der Waals surface area contributed by atoms with Crippen molar-refractivity contribution in [3.05, 3.63) is 29.3 Å². The van der Waals surface area contributed by atoms with E-state index in [0.717, 1.165) is 19.3 Å². The summed E-state index contributed by atoms with van der Waals surface area (Å²) in [6.07, 6.45) is 2.59. The Kier molecular flexibility index (Phi) is 4.10. The number of morpholine rings is 1. The Balaban J connectivity index is 1.60. The third-order valence-corrected chi connectivity index (χ3v) is 4.94. The highest BCUT2D eigenvalue weighted by atomic mass is 19.2. The summed E-state index contributed by atoms with van der Waals surface area (Å²) in [6, 6.07) is 0.478. The van der Waals surface area contributed by atoms with Crippen LogP contribution in [0.1, 0.15) is 36.8 Å². The number of halogens is 3. The molecule has 1 aliphatic carbocycles. The number of phenolic OH excluding ortho intramolecular Hbond substituents is 1. The van der Waals surface area contributed by atoms with Crippen LogP contribution in [-0.4, -0.2) is 50.8 Å². The summed E-state index contributed by atoms with van der Waals surface area (Å²) < 4.78 is 51.4. The second-order valence-electron chi connectivity index (χ2n) is 6.96. The highest BCUT2D eigenvalue weighted by molar-refractivity contribution is 5.91. The number of amides is 1. The fourth-order valence-electron chi connectivity index (χ4n) is 3.53. The van der Waals surface area contributed by atoms with Crippen molar-refractivity contribution in [3.8, 4) is 17.2 Å². The molecule has 1 aromatic heterocycles. The third kappa shape index (κ3) is 2.93. The van der Waals surface area contributed by atoms with Crippen LogP contribution in [0, 0.1) is 17.5 Å². The minimum absolute atomic E-state index is 0.157. The van der Waals surface area contributed by atoms with Gasteiger partial charge in [0.15, 0.2) is 17.4 Å². The molecule has 1 atom stereocenters. The zero-order chi connectivity index (χ0) is 19.3. The Bertz CT molecular complexity index is 913. The van der Waals surface area contributed by atoms with Crippen LogP contribution < -0.4 is 0 Å². The van der Waals surface area contributed by atoms with Crippen molar-refractivity contribution < 1.29 is 32.3 Å². The number of aromatic hydroxyl groups is 1. The van der Waals surface area contributed by atoms with E-state index in [1.54, 1.807) is 4.90 Å². The van der Waals surface area contributed by atoms with Gasteiger partial charge < -0.3 is 19.3 Å². The Morgan fingerprint density at radius 3 is 2.74 bits per heavy atom. The van der Waals surface area contributed by atoms with Crippen molar-refractivity contribution in [1.82, 2.24) is 15.0 Å². The van der Waals surface area contributed by atoms with Gasteiger partial charge in [-0.2, -0.15) is 9.37 Å². The third-order valence-electron chi connectivity index (χ3n) is 4.94. The molecule has 1 amide bonds. The summed E-state index contributed by atoms with van der Waals surface area (Å²) >= 11 is 0. The van der Waals surface area contributed by atoms with Gasteiger partial charge in [-0.3, -0.25) is 4.79 Å². The number of carbonyl (C=O) groups excluding carboxylic acids is 1. The molecule has 2 heterocycles. The molecule has 2 fully saturated rings. The van der Waals surface area contributed by atoms with Crippen LogP contribution in [0.2, 0.25) is 0 Å². The van der Waals surface area contributed by atoms with Crippen LogP contribution in [0.5, 0.6) is 5.75 Å². The van der Waals surface area contributed by atoms with Crippen molar-refractivity contribution in [2.24, 2.45) is 0 Å². The lowest BCUT2D eigenvalue weighted by Crippen LogP contribution is -2.59. The molecule has 2 aliphatic rings. The van der Waals surface area contributed by atoms with E-state index < -0.39 is 40.6 Å². The highest BCUT2D eigenvalue weighted by Crippen LogP contribution is 2.40. The molecule has 144 valence electrons. The van der Waals surface area contributed by atoms with Gasteiger partial charge in [-0.05, 0) is 32.3 Å². The first-order chi connectivity index (χ1) is 12.8. The van der Waals surface area contributed by atoms with E-state index in [0.29, 0.717) is 19.2 Å². The zero-order valence-corrected chi connectivity index (χ0v) is 14.3. The fourth-order valence-corrected chi connectivity index (χ4v) is 3.53. The zero-order valence-electron chi connectivity index (χ0n) is 14.3. The van der Waals surface area contributed by atoms with Gasteiger partial charge in [0.1, 0.15) is 0 Å². The average molecular weight is 383 g/mol. The largest absolute Gasteiger partial charge is 0.503 e. The van der Waals surface area contributed by atoms with Crippen LogP contribution in [0.4, 0.5) is 13.2 Å². The van der Waals surface area contributed by atoms with E-state index in [4.69, 9.17) is 9.26 Å². The maximum absolute atomic E-state index is 14.0. The van der Waals surface area contributed by atoms with Crippen LogP contribution in [-0.2, 0) is 4.74 Å². The molecule has 4 rings (SSSR count). The lowest BCUT2D eigenvalue weighted by atomic mass is 9.78. The smallest absolute Gasteiger partial charge is 0.295 e. The second kappa shape index (κ2) is 6.22. The predicted octanol–water partition coefficient (Wildman–Crippen LogP) is 2.64. The van der Waals surface area contributed by atoms with Gasteiger partial charge in [0.25, 0.3) is 17.6 Å². The van der Waals surface area contributed by atoms with E-state index in [9.17, 15) is 23.1 Å². The Morgan fingerprint density at radius 2 is 2.07 bits per heavy atom. The number of hydrogen-bond acceptors (Lipinski definition) is 6. The number of nitrogens with zero attached hydrogens (tertiary/aromatic N) is 3. The number of benzene rings is 1. The maximum Gasteiger partial charge on any atom is 0.295 e. The monoisotopic (exact) mass is 383 g/mol. The minimum atomic E-state index is -1.72. The standard InChI is InChI=1S/C17H16F3N3O4/c1-8-6-23(7-17(26-8)3-2-4-17)16(25)14-21-15(27-22-14)9-5-10(18)12(20)13(24)11(9)19/h5,8,24H,2-4,6-7H2,1H3. The lowest BCUT2D eigenvalue weighted by molar-refractivity contribution is -0.176. The van der Waals surface area contributed by atoms with Gasteiger partial charge in [0.05, 0.1) is 23.8 Å². The Labute approximate surface area is 151 Å². The van der Waals surface area contributed by atoms with Crippen molar-refractivity contribution in [2.75, 3.05) is 13.1 Å². The van der Waals surface area contributed by atoms with Crippen LogP contribution in [0.25, 0.3) is 11.5 Å². The lowest BCUT2D eigenvalue weighted by Gasteiger charge is -2.50. The molecule has 1 saturated carbocycles. The molecular formula is C17H16F3N3O4. The molecule has 1 aliphatic heterocycles. The van der Waals surface area contributed by atoms with Crippen molar-refractivity contribution >= 4 is 5.91 Å². The maximum atomic E-state index is 14.0. The quantitative estimate of drug-likeness (QED) is 0.802. The molecule has 0 bridgehead atoms. The van der Waals surface area contributed by atoms with Gasteiger partial charge in [0.2, 0.25) is 5.82 Å². The summed E-state index contributed by atoms with van der Waals surface area (Å²) in [4.78, 5) is 18.0. The van der Waals surface area contributed by atoms with E-state index in [1.807, 2.05) is 6.92 Å². The molecule has 0 radical (unpaired) electrons. The first-order valence-corrected chi connectivity index (χ1v) is 8.47. The molecule has 27 heavy (non-hydrogen) atoms. The van der Waals surface area contributed by atoms with Crippen LogP contribution in [0.3, 0.4) is 0 Å². The first kappa shape index (κ1) is 17.8. The molecular weight excluding hydrogens is 367 g/mol. The SMILES string of the molecule is CC1CN(C(=O)c2noc(-c3cc(F)c(F)c(O)c3F)n2)CC2(CCC2)O1. The average Bonchev–Trinajstić information content (AvgIpc) is 3.10.